The number of likely N-dealkylation sites (N-methyl/N-ethyl adjacent to an activating group) is 1. The molecule has 48 heavy (non-hydrogen) atoms. The van der Waals surface area contributed by atoms with Crippen LogP contribution in [-0.4, -0.2) is 68.2 Å². The highest BCUT2D eigenvalue weighted by Gasteiger charge is 2.26. The van der Waals surface area contributed by atoms with Crippen molar-refractivity contribution in [2.45, 2.75) is 32.2 Å². The van der Waals surface area contributed by atoms with Gasteiger partial charge in [0, 0.05) is 67.8 Å². The molecule has 0 radical (unpaired) electrons. The second-order valence-corrected chi connectivity index (χ2v) is 13.1. The third-order valence-corrected chi connectivity index (χ3v) is 9.80. The Bertz CT molecular complexity index is 1860. The summed E-state index contributed by atoms with van der Waals surface area (Å²) >= 11 is 0. The van der Waals surface area contributed by atoms with Gasteiger partial charge in [0.25, 0.3) is 5.91 Å². The highest BCUT2D eigenvalue weighted by molar-refractivity contribution is 6.15. The van der Waals surface area contributed by atoms with E-state index in [0.717, 1.165) is 98.2 Å². The number of carbonyl (C=O) groups is 1. The van der Waals surface area contributed by atoms with Gasteiger partial charge in [-0.05, 0) is 121 Å². The van der Waals surface area contributed by atoms with Crippen LogP contribution in [0.5, 0.6) is 5.75 Å². The van der Waals surface area contributed by atoms with E-state index in [4.69, 9.17) is 9.73 Å². The van der Waals surface area contributed by atoms with E-state index in [1.54, 1.807) is 12.1 Å². The van der Waals surface area contributed by atoms with Crippen LogP contribution in [0.15, 0.2) is 77.8 Å². The van der Waals surface area contributed by atoms with Crippen molar-refractivity contribution in [1.82, 2.24) is 10.2 Å². The number of amidine groups is 1. The molecule has 0 bridgehead atoms. The summed E-state index contributed by atoms with van der Waals surface area (Å²) < 4.78 is 34.9. The summed E-state index contributed by atoms with van der Waals surface area (Å²) in [5, 5.41) is 13.0. The molecule has 3 aliphatic rings. The van der Waals surface area contributed by atoms with E-state index in [1.165, 1.54) is 18.2 Å². The van der Waals surface area contributed by atoms with Crippen LogP contribution in [0.25, 0.3) is 11.1 Å². The van der Waals surface area contributed by atoms with E-state index in [1.807, 2.05) is 30.3 Å². The monoisotopic (exact) mass is 650 g/mol. The number of aromatic hydroxyl groups is 1. The van der Waals surface area contributed by atoms with Gasteiger partial charge in [-0.15, -0.1) is 0 Å². The van der Waals surface area contributed by atoms with E-state index in [2.05, 4.69) is 28.2 Å². The maximum atomic E-state index is 15.2. The molecular formula is C39H40F2N4O3. The number of aliphatic imine (C=N–C) groups is 1. The summed E-state index contributed by atoms with van der Waals surface area (Å²) in [7, 11) is 2.14. The molecule has 0 saturated carbocycles. The molecule has 4 aromatic rings. The fourth-order valence-electron chi connectivity index (χ4n) is 7.05. The number of amides is 1. The van der Waals surface area contributed by atoms with Crippen LogP contribution in [0.3, 0.4) is 0 Å². The van der Waals surface area contributed by atoms with Gasteiger partial charge in [0.1, 0.15) is 23.2 Å². The Morgan fingerprint density at radius 3 is 2.50 bits per heavy atom. The fourth-order valence-corrected chi connectivity index (χ4v) is 7.05. The second kappa shape index (κ2) is 13.9. The van der Waals surface area contributed by atoms with Crippen LogP contribution >= 0.6 is 0 Å². The number of benzene rings is 4. The van der Waals surface area contributed by atoms with E-state index in [-0.39, 0.29) is 17.5 Å². The molecule has 2 saturated heterocycles. The predicted octanol–water partition coefficient (Wildman–Crippen LogP) is 6.34. The minimum absolute atomic E-state index is 0.162. The molecule has 4 aromatic carbocycles. The first-order valence-corrected chi connectivity index (χ1v) is 16.7. The van der Waals surface area contributed by atoms with Crippen LogP contribution < -0.4 is 10.2 Å². The first-order chi connectivity index (χ1) is 23.3. The SMILES string of the molecule is CN1CCN(c2ccc(C(=O)NC3=NCc4cc(-c5ccc(O)cc5F)c(Cc5cccc(F)c5)cc43)c(CC3CCOCC3)c2)CC1. The van der Waals surface area contributed by atoms with Gasteiger partial charge in [0.05, 0.1) is 6.54 Å². The second-order valence-electron chi connectivity index (χ2n) is 13.1. The van der Waals surface area contributed by atoms with Crippen molar-refractivity contribution in [1.29, 1.82) is 0 Å². The highest BCUT2D eigenvalue weighted by atomic mass is 19.1. The van der Waals surface area contributed by atoms with Crippen LogP contribution in [0.2, 0.25) is 0 Å². The lowest BCUT2D eigenvalue weighted by atomic mass is 9.89. The molecule has 0 aromatic heterocycles. The third kappa shape index (κ3) is 6.98. The van der Waals surface area contributed by atoms with Gasteiger partial charge < -0.3 is 25.0 Å². The molecule has 3 heterocycles. The number of rotatable bonds is 7. The van der Waals surface area contributed by atoms with Crippen molar-refractivity contribution in [2.24, 2.45) is 10.9 Å². The molecule has 3 aliphatic heterocycles. The Balaban J connectivity index is 1.20. The van der Waals surface area contributed by atoms with Crippen molar-refractivity contribution >= 4 is 17.4 Å². The number of carbonyl (C=O) groups excluding carboxylic acids is 1. The first-order valence-electron chi connectivity index (χ1n) is 16.7. The van der Waals surface area contributed by atoms with Gasteiger partial charge in [0.15, 0.2) is 0 Å². The van der Waals surface area contributed by atoms with Crippen molar-refractivity contribution in [3.05, 3.63) is 118 Å². The van der Waals surface area contributed by atoms with Crippen molar-refractivity contribution < 1.29 is 23.4 Å². The number of halogens is 2. The number of hydrogen-bond donors (Lipinski definition) is 2. The number of piperazine rings is 1. The lowest BCUT2D eigenvalue weighted by Gasteiger charge is -2.34. The van der Waals surface area contributed by atoms with Crippen molar-refractivity contribution in [3.8, 4) is 16.9 Å². The highest BCUT2D eigenvalue weighted by Crippen LogP contribution is 2.35. The zero-order chi connectivity index (χ0) is 33.2. The molecule has 7 nitrogen and oxygen atoms in total. The van der Waals surface area contributed by atoms with E-state index < -0.39 is 5.82 Å². The summed E-state index contributed by atoms with van der Waals surface area (Å²) in [6.07, 6.45) is 3.08. The average Bonchev–Trinajstić information content (AvgIpc) is 3.46. The van der Waals surface area contributed by atoms with E-state index in [9.17, 15) is 14.3 Å². The van der Waals surface area contributed by atoms with Crippen molar-refractivity contribution in [2.75, 3.05) is 51.3 Å². The quantitative estimate of drug-likeness (QED) is 0.244. The Kier molecular flexibility index (Phi) is 9.23. The summed E-state index contributed by atoms with van der Waals surface area (Å²) in [5.41, 5.74) is 6.87. The number of nitrogens with one attached hydrogen (secondary N) is 1. The smallest absolute Gasteiger partial charge is 0.257 e. The van der Waals surface area contributed by atoms with Crippen molar-refractivity contribution in [3.63, 3.8) is 0 Å². The maximum absolute atomic E-state index is 15.2. The molecule has 0 unspecified atom stereocenters. The minimum Gasteiger partial charge on any atom is -0.508 e. The Morgan fingerprint density at radius 2 is 1.73 bits per heavy atom. The average molecular weight is 651 g/mol. The van der Waals surface area contributed by atoms with Gasteiger partial charge in [-0.1, -0.05) is 12.1 Å². The zero-order valence-electron chi connectivity index (χ0n) is 27.1. The number of fused-ring (bicyclic) bond motifs is 1. The normalized spacial score (nSPS) is 16.9. The molecule has 2 N–H and O–H groups in total. The van der Waals surface area contributed by atoms with Gasteiger partial charge in [-0.3, -0.25) is 9.79 Å². The largest absolute Gasteiger partial charge is 0.508 e. The number of nitrogens with zero attached hydrogens (tertiary/aromatic N) is 3. The van der Waals surface area contributed by atoms with Crippen LogP contribution in [0, 0.1) is 17.6 Å². The predicted molar refractivity (Wildman–Crippen MR) is 184 cm³/mol. The molecule has 0 aliphatic carbocycles. The number of phenolic OH excluding ortho intramolecular Hbond substituents is 1. The van der Waals surface area contributed by atoms with E-state index in [0.29, 0.717) is 41.4 Å². The standard InChI is InChI=1S/C39H40F2N4O3/c1-44-11-13-45(14-12-44)31-5-7-33(27(20-31)17-25-9-15-48-16-10-25)39(47)43-38-36-21-28(18-26-3-2-4-30(40)19-26)35(22-29(36)24-42-38)34-8-6-32(46)23-37(34)41/h2-8,19-23,25,46H,9-18,24H2,1H3,(H,42,43,47). The molecular weight excluding hydrogens is 610 g/mol. The lowest BCUT2D eigenvalue weighted by Crippen LogP contribution is -2.44. The number of ether oxygens (including phenoxy) is 1. The Hall–Kier alpha value is -4.60. The van der Waals surface area contributed by atoms with Crippen LogP contribution in [-0.2, 0) is 24.1 Å². The molecule has 2 fully saturated rings. The maximum Gasteiger partial charge on any atom is 0.257 e. The molecule has 1 amide bonds. The molecule has 0 spiro atoms. The third-order valence-electron chi connectivity index (χ3n) is 9.80. The molecule has 9 heteroatoms. The topological polar surface area (TPSA) is 77.4 Å². The molecule has 0 atom stereocenters. The van der Waals surface area contributed by atoms with Gasteiger partial charge in [0.2, 0.25) is 0 Å². The number of hydrogen-bond acceptors (Lipinski definition) is 6. The molecule has 248 valence electrons. The van der Waals surface area contributed by atoms with E-state index >= 15 is 4.39 Å². The van der Waals surface area contributed by atoms with Gasteiger partial charge >= 0.3 is 0 Å². The lowest BCUT2D eigenvalue weighted by molar-refractivity contribution is 0.0664. The number of anilines is 1. The van der Waals surface area contributed by atoms with Crippen LogP contribution in [0.4, 0.5) is 14.5 Å². The summed E-state index contributed by atoms with van der Waals surface area (Å²) in [5.74, 6) is -0.370. The van der Waals surface area contributed by atoms with Gasteiger partial charge in [-0.2, -0.15) is 0 Å². The zero-order valence-corrected chi connectivity index (χ0v) is 27.1. The Morgan fingerprint density at radius 1 is 0.917 bits per heavy atom. The first kappa shape index (κ1) is 32.0. The fraction of sp³-hybridized carbons (Fsp3) is 0.333. The summed E-state index contributed by atoms with van der Waals surface area (Å²) in [4.78, 5) is 23.5. The number of phenols is 1. The summed E-state index contributed by atoms with van der Waals surface area (Å²) in [6.45, 7) is 5.70. The van der Waals surface area contributed by atoms with Gasteiger partial charge in [-0.25, -0.2) is 8.78 Å². The Labute approximate surface area is 279 Å². The van der Waals surface area contributed by atoms with Crippen LogP contribution in [0.1, 0.15) is 51.0 Å². The molecule has 7 rings (SSSR count). The summed E-state index contributed by atoms with van der Waals surface area (Å²) in [6, 6.07) is 20.4. The minimum atomic E-state index is -0.556.